The Hall–Kier alpha value is 0.650. The van der Waals surface area contributed by atoms with Crippen molar-refractivity contribution in [1.82, 2.24) is 4.90 Å². The third-order valence-electron chi connectivity index (χ3n) is 3.33. The third kappa shape index (κ3) is 3.07. The SMILES string of the molecule is CC(I)OCC1(CN2CCCC2)CC1. The Morgan fingerprint density at radius 3 is 2.50 bits per heavy atom. The van der Waals surface area contributed by atoms with Gasteiger partial charge in [-0.05, 0) is 45.7 Å². The van der Waals surface area contributed by atoms with E-state index in [1.165, 1.54) is 45.3 Å². The van der Waals surface area contributed by atoms with Crippen molar-refractivity contribution in [3.8, 4) is 0 Å². The fraction of sp³-hybridized carbons (Fsp3) is 1.00. The molecule has 1 heterocycles. The van der Waals surface area contributed by atoms with E-state index in [0.29, 0.717) is 9.53 Å². The molecule has 1 saturated carbocycles. The lowest BCUT2D eigenvalue weighted by atomic mass is 10.1. The molecule has 0 spiro atoms. The average molecular weight is 309 g/mol. The minimum atomic E-state index is 0.364. The van der Waals surface area contributed by atoms with Crippen molar-refractivity contribution in [2.45, 2.75) is 36.7 Å². The highest BCUT2D eigenvalue weighted by atomic mass is 127. The van der Waals surface area contributed by atoms with Crippen LogP contribution in [0.15, 0.2) is 0 Å². The van der Waals surface area contributed by atoms with Gasteiger partial charge >= 0.3 is 0 Å². The number of alkyl halides is 1. The summed E-state index contributed by atoms with van der Waals surface area (Å²) in [4.78, 5) is 2.62. The fourth-order valence-electron chi connectivity index (χ4n) is 2.23. The molecule has 1 unspecified atom stereocenters. The van der Waals surface area contributed by atoms with E-state index in [2.05, 4.69) is 34.4 Å². The molecular weight excluding hydrogens is 289 g/mol. The maximum Gasteiger partial charge on any atom is 0.106 e. The Kier molecular flexibility index (Phi) is 3.71. The smallest absolute Gasteiger partial charge is 0.106 e. The molecule has 0 bridgehead atoms. The maximum absolute atomic E-state index is 5.74. The van der Waals surface area contributed by atoms with Crippen LogP contribution >= 0.6 is 22.6 Å². The summed E-state index contributed by atoms with van der Waals surface area (Å²) in [5, 5.41) is 0. The van der Waals surface area contributed by atoms with Crippen LogP contribution in [0.3, 0.4) is 0 Å². The molecule has 2 aliphatic rings. The second kappa shape index (κ2) is 4.66. The first-order valence-electron chi connectivity index (χ1n) is 5.68. The van der Waals surface area contributed by atoms with Gasteiger partial charge in [0.1, 0.15) is 4.11 Å². The number of hydrogen-bond donors (Lipinski definition) is 0. The van der Waals surface area contributed by atoms with Gasteiger partial charge in [-0.25, -0.2) is 0 Å². The molecule has 1 aliphatic heterocycles. The zero-order chi connectivity index (χ0) is 10.0. The van der Waals surface area contributed by atoms with Gasteiger partial charge in [-0.1, -0.05) is 22.6 Å². The average Bonchev–Trinajstić information content (AvgIpc) is 2.70. The molecule has 3 heteroatoms. The first-order chi connectivity index (χ1) is 6.70. The molecule has 1 saturated heterocycles. The molecule has 0 N–H and O–H groups in total. The second-order valence-electron chi connectivity index (χ2n) is 4.84. The summed E-state index contributed by atoms with van der Waals surface area (Å²) in [6.45, 7) is 7.03. The van der Waals surface area contributed by atoms with Gasteiger partial charge in [0, 0.05) is 12.0 Å². The molecule has 0 aromatic carbocycles. The summed E-state index contributed by atoms with van der Waals surface area (Å²) in [6, 6.07) is 0. The molecule has 2 rings (SSSR count). The molecule has 2 nitrogen and oxygen atoms in total. The Morgan fingerprint density at radius 1 is 1.36 bits per heavy atom. The number of halogens is 1. The summed E-state index contributed by atoms with van der Waals surface area (Å²) in [5.74, 6) is 0. The van der Waals surface area contributed by atoms with Gasteiger partial charge in [0.05, 0.1) is 6.61 Å². The van der Waals surface area contributed by atoms with Gasteiger partial charge in [-0.2, -0.15) is 0 Å². The minimum absolute atomic E-state index is 0.364. The van der Waals surface area contributed by atoms with Crippen LogP contribution in [0.25, 0.3) is 0 Å². The zero-order valence-electron chi connectivity index (χ0n) is 8.97. The fourth-order valence-corrected chi connectivity index (χ4v) is 2.41. The van der Waals surface area contributed by atoms with Gasteiger partial charge in [0.15, 0.2) is 0 Å². The monoisotopic (exact) mass is 309 g/mol. The lowest BCUT2D eigenvalue weighted by Crippen LogP contribution is -2.30. The Labute approximate surface area is 101 Å². The molecule has 0 aromatic rings. The summed E-state index contributed by atoms with van der Waals surface area (Å²) >= 11 is 2.34. The summed E-state index contributed by atoms with van der Waals surface area (Å²) in [5.41, 5.74) is 0.545. The standard InChI is InChI=1S/C11H20INO/c1-10(12)14-9-11(4-5-11)8-13-6-2-3-7-13/h10H,2-9H2,1H3. The van der Waals surface area contributed by atoms with Crippen LogP contribution in [0.2, 0.25) is 0 Å². The Morgan fingerprint density at radius 2 is 2.00 bits per heavy atom. The first kappa shape index (κ1) is 11.1. The van der Waals surface area contributed by atoms with Crippen molar-refractivity contribution >= 4 is 22.6 Å². The molecule has 0 aromatic heterocycles. The summed E-state index contributed by atoms with van der Waals surface area (Å²) in [7, 11) is 0. The maximum atomic E-state index is 5.74. The van der Waals surface area contributed by atoms with Crippen molar-refractivity contribution in [3.63, 3.8) is 0 Å². The van der Waals surface area contributed by atoms with Crippen molar-refractivity contribution in [1.29, 1.82) is 0 Å². The second-order valence-corrected chi connectivity index (χ2v) is 6.59. The van der Waals surface area contributed by atoms with E-state index in [9.17, 15) is 0 Å². The van der Waals surface area contributed by atoms with Gasteiger partial charge in [-0.3, -0.25) is 0 Å². The predicted molar refractivity (Wildman–Crippen MR) is 66.8 cm³/mol. The highest BCUT2D eigenvalue weighted by Gasteiger charge is 2.44. The molecule has 0 radical (unpaired) electrons. The van der Waals surface area contributed by atoms with E-state index in [4.69, 9.17) is 4.74 Å². The Bertz CT molecular complexity index is 186. The Balaban J connectivity index is 1.72. The normalized spacial score (nSPS) is 27.9. The number of rotatable bonds is 5. The number of ether oxygens (including phenoxy) is 1. The van der Waals surface area contributed by atoms with Crippen LogP contribution < -0.4 is 0 Å². The van der Waals surface area contributed by atoms with Crippen LogP contribution in [0.4, 0.5) is 0 Å². The van der Waals surface area contributed by atoms with E-state index in [0.717, 1.165) is 6.61 Å². The van der Waals surface area contributed by atoms with E-state index >= 15 is 0 Å². The number of likely N-dealkylation sites (tertiary alicyclic amines) is 1. The molecule has 1 atom stereocenters. The molecular formula is C11H20INO. The van der Waals surface area contributed by atoms with Crippen LogP contribution in [0, 0.1) is 5.41 Å². The van der Waals surface area contributed by atoms with Crippen LogP contribution in [-0.4, -0.2) is 35.3 Å². The lowest BCUT2D eigenvalue weighted by molar-refractivity contribution is 0.0741. The van der Waals surface area contributed by atoms with Crippen molar-refractivity contribution in [3.05, 3.63) is 0 Å². The van der Waals surface area contributed by atoms with E-state index in [-0.39, 0.29) is 0 Å². The van der Waals surface area contributed by atoms with Gasteiger partial charge in [-0.15, -0.1) is 0 Å². The number of nitrogens with zero attached hydrogens (tertiary/aromatic N) is 1. The largest absolute Gasteiger partial charge is 0.368 e. The van der Waals surface area contributed by atoms with Gasteiger partial charge in [0.2, 0.25) is 0 Å². The molecule has 2 fully saturated rings. The highest BCUT2D eigenvalue weighted by Crippen LogP contribution is 2.47. The lowest BCUT2D eigenvalue weighted by Gasteiger charge is -2.23. The zero-order valence-corrected chi connectivity index (χ0v) is 11.1. The van der Waals surface area contributed by atoms with Crippen LogP contribution in [-0.2, 0) is 4.74 Å². The quantitative estimate of drug-likeness (QED) is 0.572. The van der Waals surface area contributed by atoms with E-state index < -0.39 is 0 Å². The number of hydrogen-bond acceptors (Lipinski definition) is 2. The van der Waals surface area contributed by atoms with E-state index in [1.807, 2.05) is 0 Å². The van der Waals surface area contributed by atoms with Crippen molar-refractivity contribution in [2.24, 2.45) is 5.41 Å². The van der Waals surface area contributed by atoms with Crippen molar-refractivity contribution < 1.29 is 4.74 Å². The van der Waals surface area contributed by atoms with E-state index in [1.54, 1.807) is 0 Å². The third-order valence-corrected chi connectivity index (χ3v) is 3.69. The molecule has 1 aliphatic carbocycles. The topological polar surface area (TPSA) is 12.5 Å². The van der Waals surface area contributed by atoms with Crippen LogP contribution in [0.5, 0.6) is 0 Å². The predicted octanol–water partition coefficient (Wildman–Crippen LogP) is 2.66. The van der Waals surface area contributed by atoms with Gasteiger partial charge in [0.25, 0.3) is 0 Å². The molecule has 82 valence electrons. The minimum Gasteiger partial charge on any atom is -0.368 e. The molecule has 14 heavy (non-hydrogen) atoms. The van der Waals surface area contributed by atoms with Crippen LogP contribution in [0.1, 0.15) is 32.6 Å². The summed E-state index contributed by atoms with van der Waals surface area (Å²) in [6.07, 6.45) is 5.57. The summed E-state index contributed by atoms with van der Waals surface area (Å²) < 4.78 is 6.10. The molecule has 0 amide bonds. The first-order valence-corrected chi connectivity index (χ1v) is 6.93. The van der Waals surface area contributed by atoms with Crippen molar-refractivity contribution in [2.75, 3.05) is 26.2 Å². The highest BCUT2D eigenvalue weighted by molar-refractivity contribution is 14.1. The van der Waals surface area contributed by atoms with Gasteiger partial charge < -0.3 is 9.64 Å².